The van der Waals surface area contributed by atoms with Crippen LogP contribution in [0.15, 0.2) is 18.2 Å². The Morgan fingerprint density at radius 3 is 2.48 bits per heavy atom. The second kappa shape index (κ2) is 6.67. The van der Waals surface area contributed by atoms with Crippen molar-refractivity contribution in [2.45, 2.75) is 45.7 Å². The molecule has 138 valence electrons. The molecule has 0 saturated carbocycles. The van der Waals surface area contributed by atoms with Crippen molar-refractivity contribution >= 4 is 27.5 Å². The van der Waals surface area contributed by atoms with Crippen LogP contribution in [0.4, 0.5) is 5.69 Å². The molecule has 0 aromatic heterocycles. The molecule has 0 saturated heterocycles. The molecule has 1 aliphatic rings. The summed E-state index contributed by atoms with van der Waals surface area (Å²) in [5.41, 5.74) is 1.47. The molecule has 0 fully saturated rings. The van der Waals surface area contributed by atoms with Crippen LogP contribution >= 0.6 is 0 Å². The maximum absolute atomic E-state index is 12.3. The van der Waals surface area contributed by atoms with Crippen LogP contribution in [-0.2, 0) is 21.2 Å². The zero-order chi connectivity index (χ0) is 19.0. The van der Waals surface area contributed by atoms with Crippen LogP contribution < -0.4 is 14.9 Å². The van der Waals surface area contributed by atoms with E-state index in [9.17, 15) is 18.0 Å². The maximum Gasteiger partial charge on any atom is 0.251 e. The summed E-state index contributed by atoms with van der Waals surface area (Å²) in [5, 5.41) is 5.35. The van der Waals surface area contributed by atoms with Gasteiger partial charge in [0.1, 0.15) is 0 Å². The molecule has 0 spiro atoms. The number of nitrogens with one attached hydrogen (secondary N) is 2. The fraction of sp³-hybridized carbons (Fsp3) is 0.529. The number of hydrogen-bond acceptors (Lipinski definition) is 4. The van der Waals surface area contributed by atoms with Crippen LogP contribution in [0.3, 0.4) is 0 Å². The summed E-state index contributed by atoms with van der Waals surface area (Å²) < 4.78 is 25.2. The fourth-order valence-corrected chi connectivity index (χ4v) is 4.24. The van der Waals surface area contributed by atoms with Gasteiger partial charge in [0.25, 0.3) is 5.91 Å². The number of anilines is 1. The highest BCUT2D eigenvalue weighted by atomic mass is 32.2. The van der Waals surface area contributed by atoms with Crippen molar-refractivity contribution in [1.82, 2.24) is 10.6 Å². The Balaban J connectivity index is 2.09. The monoisotopic (exact) mass is 367 g/mol. The van der Waals surface area contributed by atoms with Gasteiger partial charge in [0.15, 0.2) is 0 Å². The predicted molar refractivity (Wildman–Crippen MR) is 97.2 cm³/mol. The topological polar surface area (TPSA) is 95.6 Å². The molecule has 1 heterocycles. The second-order valence-corrected chi connectivity index (χ2v) is 9.30. The number of sulfonamides is 1. The molecule has 25 heavy (non-hydrogen) atoms. The molecule has 8 heteroatoms. The smallest absolute Gasteiger partial charge is 0.251 e. The van der Waals surface area contributed by atoms with Crippen molar-refractivity contribution < 1.29 is 18.0 Å². The number of rotatable bonds is 4. The molecule has 0 radical (unpaired) electrons. The van der Waals surface area contributed by atoms with Crippen LogP contribution in [0.1, 0.15) is 43.6 Å². The average molecular weight is 367 g/mol. The zero-order valence-corrected chi connectivity index (χ0v) is 16.0. The van der Waals surface area contributed by atoms with Gasteiger partial charge in [0.2, 0.25) is 15.9 Å². The highest BCUT2D eigenvalue weighted by molar-refractivity contribution is 7.92. The van der Waals surface area contributed by atoms with Crippen molar-refractivity contribution in [2.24, 2.45) is 0 Å². The van der Waals surface area contributed by atoms with Gasteiger partial charge >= 0.3 is 0 Å². The van der Waals surface area contributed by atoms with Crippen molar-refractivity contribution in [2.75, 3.05) is 17.1 Å². The van der Waals surface area contributed by atoms with E-state index in [2.05, 4.69) is 10.6 Å². The Labute approximate surface area is 148 Å². The molecule has 0 aliphatic carbocycles. The van der Waals surface area contributed by atoms with Crippen molar-refractivity contribution in [3.05, 3.63) is 29.3 Å². The minimum atomic E-state index is -3.36. The van der Waals surface area contributed by atoms with Crippen LogP contribution in [0.25, 0.3) is 0 Å². The summed E-state index contributed by atoms with van der Waals surface area (Å²) in [7, 11) is -3.36. The second-order valence-electron chi connectivity index (χ2n) is 7.44. The standard InChI is InChI=1S/C17H25N3O4S/c1-11-8-13-9-12(6-7-14(13)20(11)25(5,23)24)16(22)18-10-15(21)19-17(2,3)4/h6-7,9,11H,8,10H2,1-5H3,(H,18,22)(H,19,21)/t11-/m1/s1. The molecule has 1 aromatic carbocycles. The number of fused-ring (bicyclic) bond motifs is 1. The summed E-state index contributed by atoms with van der Waals surface area (Å²) >= 11 is 0. The maximum atomic E-state index is 12.3. The number of amides is 2. The minimum absolute atomic E-state index is 0.112. The Hall–Kier alpha value is -2.09. The van der Waals surface area contributed by atoms with Gasteiger partial charge < -0.3 is 10.6 Å². The van der Waals surface area contributed by atoms with Crippen molar-refractivity contribution in [3.63, 3.8) is 0 Å². The van der Waals surface area contributed by atoms with E-state index in [0.29, 0.717) is 17.7 Å². The number of carbonyl (C=O) groups is 2. The molecular weight excluding hydrogens is 342 g/mol. The molecule has 1 aromatic rings. The third-order valence-corrected chi connectivity index (χ3v) is 5.05. The molecule has 7 nitrogen and oxygen atoms in total. The van der Waals surface area contributed by atoms with Gasteiger partial charge in [-0.15, -0.1) is 0 Å². The lowest BCUT2D eigenvalue weighted by atomic mass is 10.1. The molecule has 1 aliphatic heterocycles. The first-order valence-corrected chi connectivity index (χ1v) is 9.95. The third-order valence-electron chi connectivity index (χ3n) is 3.78. The van der Waals surface area contributed by atoms with E-state index >= 15 is 0 Å². The van der Waals surface area contributed by atoms with Crippen LogP contribution in [-0.4, -0.2) is 44.6 Å². The van der Waals surface area contributed by atoms with Gasteiger partial charge in [-0.25, -0.2) is 8.42 Å². The SMILES string of the molecule is C[C@@H]1Cc2cc(C(=O)NCC(=O)NC(C)(C)C)ccc2N1S(C)(=O)=O. The van der Waals surface area contributed by atoms with E-state index in [1.165, 1.54) is 10.6 Å². The van der Waals surface area contributed by atoms with E-state index in [-0.39, 0.29) is 29.9 Å². The van der Waals surface area contributed by atoms with Gasteiger partial charge in [-0.05, 0) is 57.9 Å². The Bertz CT molecular complexity index is 797. The molecule has 1 atom stereocenters. The molecule has 0 unspecified atom stereocenters. The number of carbonyl (C=O) groups excluding carboxylic acids is 2. The van der Waals surface area contributed by atoms with Crippen LogP contribution in [0.2, 0.25) is 0 Å². The number of hydrogen-bond donors (Lipinski definition) is 2. The van der Waals surface area contributed by atoms with Gasteiger partial charge in [-0.2, -0.15) is 0 Å². The van der Waals surface area contributed by atoms with Gasteiger partial charge in [-0.1, -0.05) is 0 Å². The van der Waals surface area contributed by atoms with E-state index in [4.69, 9.17) is 0 Å². The highest BCUT2D eigenvalue weighted by Crippen LogP contribution is 2.34. The van der Waals surface area contributed by atoms with E-state index in [0.717, 1.165) is 5.56 Å². The lowest BCUT2D eigenvalue weighted by Crippen LogP contribution is -2.45. The Morgan fingerprint density at radius 1 is 1.28 bits per heavy atom. The van der Waals surface area contributed by atoms with E-state index in [1.807, 2.05) is 27.7 Å². The third kappa shape index (κ3) is 4.72. The van der Waals surface area contributed by atoms with Crippen molar-refractivity contribution in [1.29, 1.82) is 0 Å². The van der Waals surface area contributed by atoms with Crippen molar-refractivity contribution in [3.8, 4) is 0 Å². The largest absolute Gasteiger partial charge is 0.350 e. The van der Waals surface area contributed by atoms with Gasteiger partial charge in [-0.3, -0.25) is 13.9 Å². The van der Waals surface area contributed by atoms with Crippen LogP contribution in [0.5, 0.6) is 0 Å². The lowest BCUT2D eigenvalue weighted by molar-refractivity contribution is -0.121. The zero-order valence-electron chi connectivity index (χ0n) is 15.2. The Kier molecular flexibility index (Phi) is 5.13. The average Bonchev–Trinajstić information content (AvgIpc) is 2.77. The summed E-state index contributed by atoms with van der Waals surface area (Å²) in [4.78, 5) is 24.0. The molecular formula is C17H25N3O4S. The summed E-state index contributed by atoms with van der Waals surface area (Å²) in [5.74, 6) is -0.629. The molecule has 0 bridgehead atoms. The summed E-state index contributed by atoms with van der Waals surface area (Å²) in [6, 6.07) is 4.73. The predicted octanol–water partition coefficient (Wildman–Crippen LogP) is 1.04. The first-order valence-electron chi connectivity index (χ1n) is 8.10. The fourth-order valence-electron chi connectivity index (χ4n) is 2.97. The quantitative estimate of drug-likeness (QED) is 0.831. The van der Waals surface area contributed by atoms with Gasteiger partial charge in [0.05, 0.1) is 18.5 Å². The lowest BCUT2D eigenvalue weighted by Gasteiger charge is -2.22. The summed E-state index contributed by atoms with van der Waals surface area (Å²) in [6.45, 7) is 7.31. The van der Waals surface area contributed by atoms with E-state index < -0.39 is 10.0 Å². The molecule has 2 N–H and O–H groups in total. The molecule has 2 amide bonds. The first kappa shape index (κ1) is 19.2. The highest BCUT2D eigenvalue weighted by Gasteiger charge is 2.32. The normalized spacial score (nSPS) is 17.2. The summed E-state index contributed by atoms with van der Waals surface area (Å²) in [6.07, 6.45) is 1.72. The number of benzene rings is 1. The molecule has 2 rings (SSSR count). The minimum Gasteiger partial charge on any atom is -0.350 e. The van der Waals surface area contributed by atoms with Crippen LogP contribution in [0, 0.1) is 0 Å². The van der Waals surface area contributed by atoms with Gasteiger partial charge in [0, 0.05) is 17.1 Å². The Morgan fingerprint density at radius 2 is 1.92 bits per heavy atom. The first-order chi connectivity index (χ1) is 11.4. The number of nitrogens with zero attached hydrogens (tertiary/aromatic N) is 1. The van der Waals surface area contributed by atoms with E-state index in [1.54, 1.807) is 18.2 Å².